The van der Waals surface area contributed by atoms with Gasteiger partial charge in [-0.15, -0.1) is 0 Å². The fraction of sp³-hybridized carbons (Fsp3) is 0.368. The highest BCUT2D eigenvalue weighted by molar-refractivity contribution is 5.92. The van der Waals surface area contributed by atoms with E-state index in [1.54, 1.807) is 36.1 Å². The molecule has 0 aliphatic carbocycles. The minimum Gasteiger partial charge on any atom is -0.466 e. The van der Waals surface area contributed by atoms with Gasteiger partial charge < -0.3 is 14.1 Å². The second kappa shape index (κ2) is 7.51. The number of piperidine rings is 1. The van der Waals surface area contributed by atoms with Gasteiger partial charge in [-0.3, -0.25) is 9.59 Å². The summed E-state index contributed by atoms with van der Waals surface area (Å²) in [5.74, 6) is -0.408. The zero-order chi connectivity index (χ0) is 17.8. The topological polar surface area (TPSA) is 59.8 Å². The number of rotatable bonds is 4. The number of esters is 1. The van der Waals surface area contributed by atoms with Crippen LogP contribution < -0.4 is 0 Å². The van der Waals surface area contributed by atoms with E-state index >= 15 is 0 Å². The molecule has 1 atom stereocenters. The third-order valence-electron chi connectivity index (χ3n) is 4.27. The molecule has 1 unspecified atom stereocenters. The van der Waals surface area contributed by atoms with E-state index in [2.05, 4.69) is 0 Å². The van der Waals surface area contributed by atoms with E-state index in [9.17, 15) is 14.0 Å². The van der Waals surface area contributed by atoms with Crippen molar-refractivity contribution in [3.63, 3.8) is 0 Å². The number of hydrogen-bond acceptors (Lipinski definition) is 4. The maximum absolute atomic E-state index is 13.0. The highest BCUT2D eigenvalue weighted by Crippen LogP contribution is 2.25. The van der Waals surface area contributed by atoms with Crippen LogP contribution in [-0.4, -0.2) is 36.5 Å². The van der Waals surface area contributed by atoms with Crippen molar-refractivity contribution in [1.82, 2.24) is 4.90 Å². The van der Waals surface area contributed by atoms with E-state index in [0.29, 0.717) is 31.0 Å². The van der Waals surface area contributed by atoms with Gasteiger partial charge in [0.1, 0.15) is 11.6 Å². The van der Waals surface area contributed by atoms with Crippen LogP contribution in [0.5, 0.6) is 0 Å². The molecular weight excluding hydrogens is 325 g/mol. The average molecular weight is 345 g/mol. The Morgan fingerprint density at radius 1 is 1.24 bits per heavy atom. The quantitative estimate of drug-likeness (QED) is 0.796. The number of nitrogens with zero attached hydrogens (tertiary/aromatic N) is 1. The number of amides is 1. The molecule has 1 aromatic heterocycles. The largest absolute Gasteiger partial charge is 0.466 e. The molecule has 1 aliphatic rings. The van der Waals surface area contributed by atoms with E-state index in [1.165, 1.54) is 12.1 Å². The maximum atomic E-state index is 13.0. The van der Waals surface area contributed by atoms with Gasteiger partial charge in [0.25, 0.3) is 5.91 Å². The molecule has 0 saturated carbocycles. The molecule has 1 saturated heterocycles. The van der Waals surface area contributed by atoms with Gasteiger partial charge in [-0.2, -0.15) is 0 Å². The fourth-order valence-electron chi connectivity index (χ4n) is 2.99. The van der Waals surface area contributed by atoms with Gasteiger partial charge in [0.15, 0.2) is 5.76 Å². The zero-order valence-electron chi connectivity index (χ0n) is 14.0. The molecule has 1 aliphatic heterocycles. The van der Waals surface area contributed by atoms with Crippen molar-refractivity contribution in [3.05, 3.63) is 48.0 Å². The van der Waals surface area contributed by atoms with Gasteiger partial charge in [0.2, 0.25) is 0 Å². The van der Waals surface area contributed by atoms with Crippen LogP contribution in [0.2, 0.25) is 0 Å². The summed E-state index contributed by atoms with van der Waals surface area (Å²) < 4.78 is 23.7. The van der Waals surface area contributed by atoms with E-state index in [-0.39, 0.29) is 29.4 Å². The van der Waals surface area contributed by atoms with Crippen LogP contribution in [0, 0.1) is 11.7 Å². The van der Waals surface area contributed by atoms with Crippen molar-refractivity contribution in [3.8, 4) is 11.3 Å². The number of ether oxygens (including phenoxy) is 1. The molecule has 0 spiro atoms. The van der Waals surface area contributed by atoms with E-state index in [1.807, 2.05) is 0 Å². The summed E-state index contributed by atoms with van der Waals surface area (Å²) in [5.41, 5.74) is 0.698. The lowest BCUT2D eigenvalue weighted by molar-refractivity contribution is -0.149. The molecule has 3 rings (SSSR count). The third-order valence-corrected chi connectivity index (χ3v) is 4.27. The Bertz CT molecular complexity index is 753. The maximum Gasteiger partial charge on any atom is 0.310 e. The fourth-order valence-corrected chi connectivity index (χ4v) is 2.99. The standard InChI is InChI=1S/C19H20FNO4/c1-2-24-19(23)14-4-3-11-21(12-14)18(22)17-10-9-16(25-17)13-5-7-15(20)8-6-13/h5-10,14H,2-4,11-12H2,1H3. The second-order valence-corrected chi connectivity index (χ2v) is 6.01. The van der Waals surface area contributed by atoms with Crippen LogP contribution in [0.1, 0.15) is 30.3 Å². The Hall–Kier alpha value is -2.63. The van der Waals surface area contributed by atoms with Gasteiger partial charge in [-0.1, -0.05) is 0 Å². The smallest absolute Gasteiger partial charge is 0.310 e. The molecule has 2 heterocycles. The van der Waals surface area contributed by atoms with Crippen LogP contribution in [0.3, 0.4) is 0 Å². The Morgan fingerprint density at radius 2 is 2.00 bits per heavy atom. The van der Waals surface area contributed by atoms with Crippen molar-refractivity contribution < 1.29 is 23.1 Å². The van der Waals surface area contributed by atoms with Crippen molar-refractivity contribution in [1.29, 1.82) is 0 Å². The summed E-state index contributed by atoms with van der Waals surface area (Å²) in [6, 6.07) is 9.17. The van der Waals surface area contributed by atoms with Gasteiger partial charge in [0.05, 0.1) is 12.5 Å². The number of likely N-dealkylation sites (tertiary alicyclic amines) is 1. The molecule has 132 valence electrons. The Labute approximate surface area is 145 Å². The molecule has 1 amide bonds. The van der Waals surface area contributed by atoms with Gasteiger partial charge in [-0.05, 0) is 56.2 Å². The van der Waals surface area contributed by atoms with Crippen LogP contribution in [0.4, 0.5) is 4.39 Å². The summed E-state index contributed by atoms with van der Waals surface area (Å²) in [6.07, 6.45) is 1.47. The second-order valence-electron chi connectivity index (χ2n) is 6.01. The SMILES string of the molecule is CCOC(=O)C1CCCN(C(=O)c2ccc(-c3ccc(F)cc3)o2)C1. The Balaban J connectivity index is 1.70. The molecular formula is C19H20FNO4. The van der Waals surface area contributed by atoms with E-state index in [0.717, 1.165) is 12.8 Å². The molecule has 2 aromatic rings. The minimum absolute atomic E-state index is 0.212. The number of benzene rings is 1. The lowest BCUT2D eigenvalue weighted by atomic mass is 9.98. The van der Waals surface area contributed by atoms with Crippen molar-refractivity contribution in [2.75, 3.05) is 19.7 Å². The first-order valence-corrected chi connectivity index (χ1v) is 8.40. The number of carbonyl (C=O) groups excluding carboxylic acids is 2. The minimum atomic E-state index is -0.329. The Kier molecular flexibility index (Phi) is 5.16. The number of halogens is 1. The van der Waals surface area contributed by atoms with Crippen molar-refractivity contribution >= 4 is 11.9 Å². The summed E-state index contributed by atoms with van der Waals surface area (Å²) in [6.45, 7) is 3.03. The average Bonchev–Trinajstić information content (AvgIpc) is 3.12. The first kappa shape index (κ1) is 17.2. The zero-order valence-corrected chi connectivity index (χ0v) is 14.0. The summed E-state index contributed by atoms with van der Waals surface area (Å²) in [4.78, 5) is 26.2. The molecule has 5 nitrogen and oxygen atoms in total. The van der Waals surface area contributed by atoms with Crippen LogP contribution in [-0.2, 0) is 9.53 Å². The molecule has 25 heavy (non-hydrogen) atoms. The molecule has 0 N–H and O–H groups in total. The van der Waals surface area contributed by atoms with Crippen LogP contribution in [0.25, 0.3) is 11.3 Å². The van der Waals surface area contributed by atoms with Crippen LogP contribution >= 0.6 is 0 Å². The number of carbonyl (C=O) groups is 2. The van der Waals surface area contributed by atoms with Crippen molar-refractivity contribution in [2.45, 2.75) is 19.8 Å². The summed E-state index contributed by atoms with van der Waals surface area (Å²) in [5, 5.41) is 0. The molecule has 1 fully saturated rings. The first-order valence-electron chi connectivity index (χ1n) is 8.40. The summed E-state index contributed by atoms with van der Waals surface area (Å²) in [7, 11) is 0. The van der Waals surface area contributed by atoms with Gasteiger partial charge in [-0.25, -0.2) is 4.39 Å². The van der Waals surface area contributed by atoms with Gasteiger partial charge in [0, 0.05) is 18.7 Å². The van der Waals surface area contributed by atoms with Crippen molar-refractivity contribution in [2.24, 2.45) is 5.92 Å². The van der Waals surface area contributed by atoms with Crippen LogP contribution in [0.15, 0.2) is 40.8 Å². The third kappa shape index (κ3) is 3.90. The Morgan fingerprint density at radius 3 is 2.72 bits per heavy atom. The molecule has 0 radical (unpaired) electrons. The highest BCUT2D eigenvalue weighted by atomic mass is 19.1. The molecule has 1 aromatic carbocycles. The van der Waals surface area contributed by atoms with Gasteiger partial charge >= 0.3 is 5.97 Å². The monoisotopic (exact) mass is 345 g/mol. The number of hydrogen-bond donors (Lipinski definition) is 0. The summed E-state index contributed by atoms with van der Waals surface area (Å²) >= 11 is 0. The lowest BCUT2D eigenvalue weighted by Crippen LogP contribution is -2.42. The number of furan rings is 1. The normalized spacial score (nSPS) is 17.4. The predicted molar refractivity (Wildman–Crippen MR) is 89.4 cm³/mol. The van der Waals surface area contributed by atoms with E-state index < -0.39 is 0 Å². The molecule has 0 bridgehead atoms. The van der Waals surface area contributed by atoms with E-state index in [4.69, 9.17) is 9.15 Å². The molecule has 6 heteroatoms. The lowest BCUT2D eigenvalue weighted by Gasteiger charge is -2.30. The first-order chi connectivity index (χ1) is 12.1. The predicted octanol–water partition coefficient (Wildman–Crippen LogP) is 3.50. The highest BCUT2D eigenvalue weighted by Gasteiger charge is 2.30.